The Labute approximate surface area is 126 Å². The average Bonchev–Trinajstić information content (AvgIpc) is 2.76. The molecule has 0 aliphatic carbocycles. The van der Waals surface area contributed by atoms with E-state index in [4.69, 9.17) is 4.52 Å². The van der Waals surface area contributed by atoms with Gasteiger partial charge in [-0.05, 0) is 42.6 Å². The molecule has 2 rings (SSSR count). The van der Waals surface area contributed by atoms with Crippen molar-refractivity contribution in [1.29, 1.82) is 0 Å². The Morgan fingerprint density at radius 1 is 1.35 bits per heavy atom. The highest BCUT2D eigenvalue weighted by atomic mass is 79.9. The Morgan fingerprint density at radius 2 is 2.15 bits per heavy atom. The number of aromatic nitrogens is 3. The summed E-state index contributed by atoms with van der Waals surface area (Å²) in [7, 11) is 1.83. The predicted molar refractivity (Wildman–Crippen MR) is 82.1 cm³/mol. The van der Waals surface area contributed by atoms with Gasteiger partial charge in [0.2, 0.25) is 5.95 Å². The molecule has 0 atom stereocenters. The van der Waals surface area contributed by atoms with Crippen molar-refractivity contribution in [2.45, 2.75) is 26.7 Å². The van der Waals surface area contributed by atoms with Crippen molar-refractivity contribution in [1.82, 2.24) is 15.1 Å². The second-order valence-corrected chi connectivity index (χ2v) is 5.33. The van der Waals surface area contributed by atoms with Gasteiger partial charge in [0.25, 0.3) is 0 Å². The standard InChI is InChI=1S/C13H18BrN5O/c1-8-10(9(2)20-19-8)5-4-6-16-13-17-7-11(14)12(15-3)18-13/h7H,4-6H2,1-3H3,(H2,15,16,17,18). The van der Waals surface area contributed by atoms with Gasteiger partial charge in [-0.2, -0.15) is 4.98 Å². The number of hydrogen-bond acceptors (Lipinski definition) is 6. The lowest BCUT2D eigenvalue weighted by Crippen LogP contribution is -2.08. The molecule has 0 amide bonds. The van der Waals surface area contributed by atoms with Gasteiger partial charge in [-0.25, -0.2) is 4.98 Å². The van der Waals surface area contributed by atoms with Gasteiger partial charge < -0.3 is 15.2 Å². The minimum atomic E-state index is 0.622. The Morgan fingerprint density at radius 3 is 2.80 bits per heavy atom. The normalized spacial score (nSPS) is 10.6. The summed E-state index contributed by atoms with van der Waals surface area (Å²) >= 11 is 3.38. The quantitative estimate of drug-likeness (QED) is 0.788. The summed E-state index contributed by atoms with van der Waals surface area (Å²) < 4.78 is 5.99. The summed E-state index contributed by atoms with van der Waals surface area (Å²) in [6.07, 6.45) is 3.64. The molecule has 0 saturated heterocycles. The second-order valence-electron chi connectivity index (χ2n) is 4.47. The molecule has 0 bridgehead atoms. The van der Waals surface area contributed by atoms with Gasteiger partial charge in [0.15, 0.2) is 0 Å². The van der Waals surface area contributed by atoms with Gasteiger partial charge in [-0.3, -0.25) is 0 Å². The molecule has 0 radical (unpaired) electrons. The number of halogens is 1. The smallest absolute Gasteiger partial charge is 0.224 e. The van der Waals surface area contributed by atoms with Crippen LogP contribution in [-0.4, -0.2) is 28.7 Å². The molecule has 0 aliphatic rings. The summed E-state index contributed by atoms with van der Waals surface area (Å²) in [5.74, 6) is 2.30. The molecular formula is C13H18BrN5O. The van der Waals surface area contributed by atoms with Gasteiger partial charge in [-0.15, -0.1) is 0 Å². The minimum Gasteiger partial charge on any atom is -0.372 e. The van der Waals surface area contributed by atoms with Crippen molar-refractivity contribution >= 4 is 27.7 Å². The molecule has 0 aliphatic heterocycles. The number of nitrogens with zero attached hydrogens (tertiary/aromatic N) is 3. The third-order valence-electron chi connectivity index (χ3n) is 3.05. The SMILES string of the molecule is CNc1nc(NCCCc2c(C)noc2C)ncc1Br. The number of hydrogen-bond donors (Lipinski definition) is 2. The van der Waals surface area contributed by atoms with Crippen LogP contribution < -0.4 is 10.6 Å². The highest BCUT2D eigenvalue weighted by Crippen LogP contribution is 2.19. The first-order valence-corrected chi connectivity index (χ1v) is 7.27. The number of anilines is 2. The van der Waals surface area contributed by atoms with Crippen molar-refractivity contribution in [3.8, 4) is 0 Å². The van der Waals surface area contributed by atoms with E-state index >= 15 is 0 Å². The minimum absolute atomic E-state index is 0.622. The van der Waals surface area contributed by atoms with E-state index < -0.39 is 0 Å². The van der Waals surface area contributed by atoms with Crippen LogP contribution >= 0.6 is 15.9 Å². The first-order valence-electron chi connectivity index (χ1n) is 6.47. The molecule has 6 nitrogen and oxygen atoms in total. The molecular weight excluding hydrogens is 322 g/mol. The molecule has 2 aromatic heterocycles. The maximum Gasteiger partial charge on any atom is 0.224 e. The Bertz CT molecular complexity index is 565. The van der Waals surface area contributed by atoms with Gasteiger partial charge in [0, 0.05) is 25.4 Å². The van der Waals surface area contributed by atoms with Crippen molar-refractivity contribution in [2.24, 2.45) is 0 Å². The fourth-order valence-corrected chi connectivity index (χ4v) is 2.34. The summed E-state index contributed by atoms with van der Waals surface area (Å²) in [4.78, 5) is 8.57. The van der Waals surface area contributed by atoms with Crippen LogP contribution in [0, 0.1) is 13.8 Å². The van der Waals surface area contributed by atoms with E-state index in [0.717, 1.165) is 41.1 Å². The highest BCUT2D eigenvalue weighted by Gasteiger charge is 2.08. The lowest BCUT2D eigenvalue weighted by atomic mass is 10.1. The molecule has 0 saturated carbocycles. The number of aryl methyl sites for hydroxylation is 2. The maximum atomic E-state index is 5.15. The molecule has 7 heteroatoms. The Balaban J connectivity index is 1.84. The molecule has 0 aromatic carbocycles. The summed E-state index contributed by atoms with van der Waals surface area (Å²) in [6, 6.07) is 0. The van der Waals surface area contributed by atoms with Gasteiger partial charge in [0.1, 0.15) is 11.6 Å². The second kappa shape index (κ2) is 6.69. The zero-order valence-corrected chi connectivity index (χ0v) is 13.4. The van der Waals surface area contributed by atoms with Crippen LogP contribution in [0.1, 0.15) is 23.4 Å². The fourth-order valence-electron chi connectivity index (χ4n) is 1.95. The predicted octanol–water partition coefficient (Wildman–Crippen LogP) is 2.93. The highest BCUT2D eigenvalue weighted by molar-refractivity contribution is 9.10. The average molecular weight is 340 g/mol. The Kier molecular flexibility index (Phi) is 4.94. The Hall–Kier alpha value is -1.63. The zero-order valence-electron chi connectivity index (χ0n) is 11.8. The first-order chi connectivity index (χ1) is 9.61. The fraction of sp³-hybridized carbons (Fsp3) is 0.462. The molecule has 2 heterocycles. The van der Waals surface area contributed by atoms with E-state index in [9.17, 15) is 0 Å². The summed E-state index contributed by atoms with van der Waals surface area (Å²) in [6.45, 7) is 4.71. The van der Waals surface area contributed by atoms with E-state index in [1.54, 1.807) is 6.20 Å². The molecule has 20 heavy (non-hydrogen) atoms. The molecule has 108 valence electrons. The van der Waals surface area contributed by atoms with E-state index in [1.165, 1.54) is 5.56 Å². The van der Waals surface area contributed by atoms with E-state index in [1.807, 2.05) is 20.9 Å². The van der Waals surface area contributed by atoms with Gasteiger partial charge >= 0.3 is 0 Å². The summed E-state index contributed by atoms with van der Waals surface area (Å²) in [5, 5.41) is 10.2. The monoisotopic (exact) mass is 339 g/mol. The van der Waals surface area contributed by atoms with E-state index in [2.05, 4.69) is 41.7 Å². The third kappa shape index (κ3) is 3.47. The van der Waals surface area contributed by atoms with Crippen molar-refractivity contribution < 1.29 is 4.52 Å². The number of nitrogens with one attached hydrogen (secondary N) is 2. The lowest BCUT2D eigenvalue weighted by Gasteiger charge is -2.07. The third-order valence-corrected chi connectivity index (χ3v) is 3.63. The van der Waals surface area contributed by atoms with Crippen LogP contribution in [-0.2, 0) is 6.42 Å². The lowest BCUT2D eigenvalue weighted by molar-refractivity contribution is 0.392. The molecule has 0 spiro atoms. The van der Waals surface area contributed by atoms with Crippen LogP contribution in [0.4, 0.5) is 11.8 Å². The summed E-state index contributed by atoms with van der Waals surface area (Å²) in [5.41, 5.74) is 2.17. The first kappa shape index (κ1) is 14.8. The van der Waals surface area contributed by atoms with Crippen molar-refractivity contribution in [3.63, 3.8) is 0 Å². The van der Waals surface area contributed by atoms with Gasteiger partial charge in [-0.1, -0.05) is 5.16 Å². The maximum absolute atomic E-state index is 5.15. The van der Waals surface area contributed by atoms with Crippen LogP contribution in [0.2, 0.25) is 0 Å². The molecule has 0 unspecified atom stereocenters. The number of rotatable bonds is 6. The molecule has 0 fully saturated rings. The van der Waals surface area contributed by atoms with Crippen molar-refractivity contribution in [3.05, 3.63) is 27.7 Å². The topological polar surface area (TPSA) is 75.9 Å². The van der Waals surface area contributed by atoms with Crippen LogP contribution in [0.25, 0.3) is 0 Å². The zero-order chi connectivity index (χ0) is 14.5. The molecule has 2 aromatic rings. The molecule has 2 N–H and O–H groups in total. The van der Waals surface area contributed by atoms with Crippen molar-refractivity contribution in [2.75, 3.05) is 24.2 Å². The van der Waals surface area contributed by atoms with E-state index in [-0.39, 0.29) is 0 Å². The van der Waals surface area contributed by atoms with Crippen LogP contribution in [0.5, 0.6) is 0 Å². The van der Waals surface area contributed by atoms with Crippen LogP contribution in [0.3, 0.4) is 0 Å². The van der Waals surface area contributed by atoms with E-state index in [0.29, 0.717) is 5.95 Å². The van der Waals surface area contributed by atoms with Gasteiger partial charge in [0.05, 0.1) is 10.2 Å². The van der Waals surface area contributed by atoms with Crippen LogP contribution in [0.15, 0.2) is 15.2 Å². The largest absolute Gasteiger partial charge is 0.372 e.